The van der Waals surface area contributed by atoms with Crippen molar-refractivity contribution in [2.24, 2.45) is 0 Å². The van der Waals surface area contributed by atoms with Gasteiger partial charge in [0, 0.05) is 24.2 Å². The highest BCUT2D eigenvalue weighted by molar-refractivity contribution is 5.91. The molecule has 0 bridgehead atoms. The first-order chi connectivity index (χ1) is 16.2. The first-order valence-corrected chi connectivity index (χ1v) is 12.4. The van der Waals surface area contributed by atoms with Gasteiger partial charge < -0.3 is 9.88 Å². The maximum Gasteiger partial charge on any atom is 0.125 e. The standard InChI is InChI=1S/C29H32FN3/c1-31-13-4-14-33-19-26(24-10-9-23(30)18-28(24)33)20-11-15-32(16-12-20)27-17-22-7-2-5-21-6-3-8-25(27)29(21)22/h2-3,5-10,18-20,27,31H,4,11-17H2,1H3. The summed E-state index contributed by atoms with van der Waals surface area (Å²) in [5, 5.41) is 7.31. The van der Waals surface area contributed by atoms with Crippen molar-refractivity contribution in [3.8, 4) is 0 Å². The van der Waals surface area contributed by atoms with Gasteiger partial charge in [0.05, 0.1) is 5.52 Å². The van der Waals surface area contributed by atoms with Crippen LogP contribution in [0, 0.1) is 5.82 Å². The fourth-order valence-corrected chi connectivity index (χ4v) is 6.29. The van der Waals surface area contributed by atoms with Crippen molar-refractivity contribution in [3.63, 3.8) is 0 Å². The van der Waals surface area contributed by atoms with Gasteiger partial charge in [0.2, 0.25) is 0 Å². The van der Waals surface area contributed by atoms with E-state index in [-0.39, 0.29) is 5.82 Å². The van der Waals surface area contributed by atoms with Crippen molar-refractivity contribution < 1.29 is 4.39 Å². The molecule has 1 fully saturated rings. The van der Waals surface area contributed by atoms with Crippen LogP contribution in [0.3, 0.4) is 0 Å². The molecule has 1 unspecified atom stereocenters. The number of fused-ring (bicyclic) bond motifs is 1. The fraction of sp³-hybridized carbons (Fsp3) is 0.379. The molecule has 1 aliphatic heterocycles. The Morgan fingerprint density at radius 2 is 1.82 bits per heavy atom. The molecule has 33 heavy (non-hydrogen) atoms. The molecule has 1 aromatic heterocycles. The highest BCUT2D eigenvalue weighted by Crippen LogP contribution is 2.43. The van der Waals surface area contributed by atoms with E-state index in [0.717, 1.165) is 57.4 Å². The first kappa shape index (κ1) is 20.9. The summed E-state index contributed by atoms with van der Waals surface area (Å²) in [6.45, 7) is 4.13. The van der Waals surface area contributed by atoms with E-state index in [1.165, 1.54) is 32.8 Å². The maximum atomic E-state index is 14.1. The van der Waals surface area contributed by atoms with Crippen LogP contribution < -0.4 is 5.32 Å². The van der Waals surface area contributed by atoms with Crippen molar-refractivity contribution in [3.05, 3.63) is 83.3 Å². The number of hydrogen-bond donors (Lipinski definition) is 1. The van der Waals surface area contributed by atoms with Gasteiger partial charge in [-0.05, 0) is 104 Å². The van der Waals surface area contributed by atoms with Gasteiger partial charge in [0.1, 0.15) is 5.82 Å². The summed E-state index contributed by atoms with van der Waals surface area (Å²) in [4.78, 5) is 2.71. The average molecular weight is 442 g/mol. The predicted octanol–water partition coefficient (Wildman–Crippen LogP) is 6.02. The van der Waals surface area contributed by atoms with E-state index in [4.69, 9.17) is 0 Å². The zero-order valence-corrected chi connectivity index (χ0v) is 19.4. The molecule has 6 rings (SSSR count). The molecule has 4 heteroatoms. The Kier molecular flexibility index (Phi) is 5.43. The Hall–Kier alpha value is -2.69. The van der Waals surface area contributed by atoms with Gasteiger partial charge in [-0.15, -0.1) is 0 Å². The van der Waals surface area contributed by atoms with Crippen molar-refractivity contribution >= 4 is 21.7 Å². The Labute approximate surface area is 195 Å². The summed E-state index contributed by atoms with van der Waals surface area (Å²) in [6, 6.07) is 19.4. The number of halogens is 1. The molecular weight excluding hydrogens is 409 g/mol. The molecule has 2 heterocycles. The highest BCUT2D eigenvalue weighted by Gasteiger charge is 2.32. The molecular formula is C29H32FN3. The van der Waals surface area contributed by atoms with Crippen molar-refractivity contribution in [1.29, 1.82) is 0 Å². The summed E-state index contributed by atoms with van der Waals surface area (Å²) in [5.74, 6) is 0.395. The van der Waals surface area contributed by atoms with E-state index in [0.29, 0.717) is 12.0 Å². The SMILES string of the molecule is CNCCCn1cc(C2CCN(C3Cc4cccc5cccc3c45)CC2)c2ccc(F)cc21. The second kappa shape index (κ2) is 8.58. The van der Waals surface area contributed by atoms with Crippen molar-refractivity contribution in [2.75, 3.05) is 26.7 Å². The molecule has 170 valence electrons. The number of piperidine rings is 1. The van der Waals surface area contributed by atoms with Crippen LogP contribution in [-0.2, 0) is 13.0 Å². The minimum absolute atomic E-state index is 0.146. The van der Waals surface area contributed by atoms with E-state index in [1.807, 2.05) is 13.1 Å². The smallest absolute Gasteiger partial charge is 0.125 e. The fourth-order valence-electron chi connectivity index (χ4n) is 6.29. The first-order valence-electron chi connectivity index (χ1n) is 12.4. The van der Waals surface area contributed by atoms with E-state index in [1.54, 1.807) is 12.1 Å². The molecule has 0 amide bonds. The normalized spacial score (nSPS) is 19.2. The third kappa shape index (κ3) is 3.66. The molecule has 0 saturated carbocycles. The molecule has 1 N–H and O–H groups in total. The number of benzene rings is 3. The lowest BCUT2D eigenvalue weighted by atomic mass is 9.88. The largest absolute Gasteiger partial charge is 0.347 e. The van der Waals surface area contributed by atoms with Crippen LogP contribution in [0.25, 0.3) is 21.7 Å². The number of rotatable bonds is 6. The Bertz CT molecular complexity index is 1290. The lowest BCUT2D eigenvalue weighted by Crippen LogP contribution is -2.36. The van der Waals surface area contributed by atoms with Gasteiger partial charge in [-0.2, -0.15) is 0 Å². The van der Waals surface area contributed by atoms with E-state index in [9.17, 15) is 4.39 Å². The van der Waals surface area contributed by atoms with Gasteiger partial charge in [-0.25, -0.2) is 4.39 Å². The molecule has 3 aromatic carbocycles. The number of aromatic nitrogens is 1. The van der Waals surface area contributed by atoms with Crippen LogP contribution in [0.2, 0.25) is 0 Å². The number of hydrogen-bond acceptors (Lipinski definition) is 2. The Balaban J connectivity index is 1.23. The van der Waals surface area contributed by atoms with Gasteiger partial charge in [-0.3, -0.25) is 4.90 Å². The van der Waals surface area contributed by atoms with Crippen molar-refractivity contribution in [1.82, 2.24) is 14.8 Å². The highest BCUT2D eigenvalue weighted by atomic mass is 19.1. The summed E-state index contributed by atoms with van der Waals surface area (Å²) in [7, 11) is 1.98. The number of likely N-dealkylation sites (tertiary alicyclic amines) is 1. The average Bonchev–Trinajstić information content (AvgIpc) is 3.40. The number of nitrogens with one attached hydrogen (secondary N) is 1. The lowest BCUT2D eigenvalue weighted by molar-refractivity contribution is 0.155. The number of aryl methyl sites for hydroxylation is 1. The second-order valence-corrected chi connectivity index (χ2v) is 9.79. The van der Waals surface area contributed by atoms with Crippen LogP contribution >= 0.6 is 0 Å². The molecule has 2 aliphatic rings. The summed E-state index contributed by atoms with van der Waals surface area (Å²) < 4.78 is 16.3. The van der Waals surface area contributed by atoms with Gasteiger partial charge >= 0.3 is 0 Å². The van der Waals surface area contributed by atoms with Crippen molar-refractivity contribution in [2.45, 2.75) is 44.2 Å². The zero-order valence-electron chi connectivity index (χ0n) is 19.4. The minimum Gasteiger partial charge on any atom is -0.347 e. The Morgan fingerprint density at radius 3 is 2.64 bits per heavy atom. The van der Waals surface area contributed by atoms with E-state index < -0.39 is 0 Å². The lowest BCUT2D eigenvalue weighted by Gasteiger charge is -2.36. The van der Waals surface area contributed by atoms with Crippen LogP contribution in [0.1, 0.15) is 47.9 Å². The molecule has 3 nitrogen and oxygen atoms in total. The van der Waals surface area contributed by atoms with Crippen LogP contribution in [0.4, 0.5) is 4.39 Å². The monoisotopic (exact) mass is 441 g/mol. The van der Waals surface area contributed by atoms with Crippen LogP contribution in [0.5, 0.6) is 0 Å². The van der Waals surface area contributed by atoms with Gasteiger partial charge in [0.25, 0.3) is 0 Å². The molecule has 1 aliphatic carbocycles. The quantitative estimate of drug-likeness (QED) is 0.369. The van der Waals surface area contributed by atoms with Crippen LogP contribution in [0.15, 0.2) is 60.8 Å². The Morgan fingerprint density at radius 1 is 1.00 bits per heavy atom. The summed E-state index contributed by atoms with van der Waals surface area (Å²) in [5.41, 5.74) is 5.47. The molecule has 4 aromatic rings. The summed E-state index contributed by atoms with van der Waals surface area (Å²) in [6.07, 6.45) is 6.81. The molecule has 1 atom stereocenters. The summed E-state index contributed by atoms with van der Waals surface area (Å²) >= 11 is 0. The number of nitrogens with zero attached hydrogens (tertiary/aromatic N) is 2. The van der Waals surface area contributed by atoms with Gasteiger partial charge in [0.15, 0.2) is 0 Å². The minimum atomic E-state index is -0.146. The van der Waals surface area contributed by atoms with E-state index >= 15 is 0 Å². The van der Waals surface area contributed by atoms with Gasteiger partial charge in [-0.1, -0.05) is 36.4 Å². The predicted molar refractivity (Wildman–Crippen MR) is 134 cm³/mol. The molecule has 0 radical (unpaired) electrons. The van der Waals surface area contributed by atoms with Crippen LogP contribution in [-0.4, -0.2) is 36.1 Å². The maximum absolute atomic E-state index is 14.1. The van der Waals surface area contributed by atoms with E-state index in [2.05, 4.69) is 57.4 Å². The second-order valence-electron chi connectivity index (χ2n) is 9.79. The molecule has 0 spiro atoms. The topological polar surface area (TPSA) is 20.2 Å². The third-order valence-corrected chi connectivity index (χ3v) is 7.91. The third-order valence-electron chi connectivity index (χ3n) is 7.91. The molecule has 1 saturated heterocycles. The zero-order chi connectivity index (χ0) is 22.4.